The average molecular weight is 487 g/mol. The first kappa shape index (κ1) is 25.9. The summed E-state index contributed by atoms with van der Waals surface area (Å²) in [4.78, 5) is 0. The van der Waals surface area contributed by atoms with Crippen LogP contribution in [0, 0.1) is 0 Å². The Labute approximate surface area is 213 Å². The second-order valence-corrected chi connectivity index (χ2v) is 8.83. The maximum absolute atomic E-state index is 6.49. The maximum Gasteiger partial charge on any atom is 0.153 e. The predicted molar refractivity (Wildman–Crippen MR) is 139 cm³/mol. The van der Waals surface area contributed by atoms with Gasteiger partial charge in [-0.15, -0.1) is 0 Å². The van der Waals surface area contributed by atoms with Crippen molar-refractivity contribution < 1.29 is 23.7 Å². The zero-order valence-electron chi connectivity index (χ0n) is 20.7. The molecule has 36 heavy (non-hydrogen) atoms. The van der Waals surface area contributed by atoms with Gasteiger partial charge in [-0.3, -0.25) is 0 Å². The van der Waals surface area contributed by atoms with Crippen molar-refractivity contribution in [3.8, 4) is 0 Å². The van der Waals surface area contributed by atoms with Crippen molar-refractivity contribution in [3.05, 3.63) is 126 Å². The van der Waals surface area contributed by atoms with E-state index < -0.39 is 18.3 Å². The molecule has 0 saturated carbocycles. The van der Waals surface area contributed by atoms with Crippen molar-refractivity contribution in [2.24, 2.45) is 0 Å². The lowest BCUT2D eigenvalue weighted by atomic mass is 9.95. The van der Waals surface area contributed by atoms with Gasteiger partial charge in [-0.1, -0.05) is 103 Å². The van der Waals surface area contributed by atoms with Crippen LogP contribution >= 0.6 is 0 Å². The number of hydrogen-bond acceptors (Lipinski definition) is 5. The first-order chi connectivity index (χ1) is 17.7. The van der Waals surface area contributed by atoms with E-state index in [1.807, 2.05) is 97.9 Å². The molecular weight excluding hydrogens is 452 g/mol. The van der Waals surface area contributed by atoms with E-state index >= 15 is 0 Å². The van der Waals surface area contributed by atoms with Crippen LogP contribution in [0.25, 0.3) is 0 Å². The summed E-state index contributed by atoms with van der Waals surface area (Å²) in [6.07, 6.45) is -0.326. The molecule has 1 heterocycles. The summed E-state index contributed by atoms with van der Waals surface area (Å²) in [5.74, 6) is 0. The number of benzene rings is 3. The van der Waals surface area contributed by atoms with E-state index in [9.17, 15) is 0 Å². The Hall–Kier alpha value is -3.18. The van der Waals surface area contributed by atoms with Crippen LogP contribution in [0.3, 0.4) is 0 Å². The standard InChI is InChI=1S/C31H34O5/c1-3-19-33-29-24(2)36-28(23-32-20-25-13-7-4-8-14-25)30(34-21-26-15-9-5-10-16-26)31(29)35-22-27-17-11-6-12-18-27/h4-19,24,28-31H,1,20-23H2,2H3/t24-,28+,29-,30+,31+/m0/s1. The van der Waals surface area contributed by atoms with E-state index in [0.29, 0.717) is 26.4 Å². The van der Waals surface area contributed by atoms with Gasteiger partial charge >= 0.3 is 0 Å². The van der Waals surface area contributed by atoms with Gasteiger partial charge in [0.15, 0.2) is 6.10 Å². The van der Waals surface area contributed by atoms with Crippen LogP contribution < -0.4 is 0 Å². The molecule has 4 rings (SSSR count). The molecular formula is C31H34O5. The summed E-state index contributed by atoms with van der Waals surface area (Å²) >= 11 is 0. The molecule has 0 unspecified atom stereocenters. The Kier molecular flexibility index (Phi) is 9.92. The third kappa shape index (κ3) is 7.41. The third-order valence-electron chi connectivity index (χ3n) is 6.14. The van der Waals surface area contributed by atoms with E-state index in [4.69, 9.17) is 23.7 Å². The monoisotopic (exact) mass is 486 g/mol. The number of hydrogen-bond donors (Lipinski definition) is 0. The topological polar surface area (TPSA) is 46.2 Å². The summed E-state index contributed by atoms with van der Waals surface area (Å²) < 4.78 is 31.4. The zero-order valence-corrected chi connectivity index (χ0v) is 20.7. The van der Waals surface area contributed by atoms with Gasteiger partial charge in [-0.25, -0.2) is 0 Å². The summed E-state index contributed by atoms with van der Waals surface area (Å²) in [5.41, 5.74) is 5.95. The largest absolute Gasteiger partial charge is 0.484 e. The summed E-state index contributed by atoms with van der Waals surface area (Å²) in [6, 6.07) is 30.3. The van der Waals surface area contributed by atoms with Crippen molar-refractivity contribution in [2.75, 3.05) is 6.61 Å². The highest BCUT2D eigenvalue weighted by atomic mass is 16.6. The lowest BCUT2D eigenvalue weighted by Gasteiger charge is -2.44. The van der Waals surface area contributed by atoms with E-state index in [1.54, 1.807) is 0 Å². The lowest BCUT2D eigenvalue weighted by Crippen LogP contribution is -2.60. The van der Waals surface area contributed by atoms with Gasteiger partial charge in [-0.2, -0.15) is 0 Å². The molecule has 0 aromatic heterocycles. The molecule has 0 bridgehead atoms. The average Bonchev–Trinajstić information content (AvgIpc) is 2.92. The predicted octanol–water partition coefficient (Wildman–Crippen LogP) is 5.85. The highest BCUT2D eigenvalue weighted by molar-refractivity contribution is 5.15. The molecule has 1 fully saturated rings. The smallest absolute Gasteiger partial charge is 0.153 e. The SMILES string of the molecule is C=C=CO[C@@H]1[C@@H](OCc2ccccc2)[C@H](OCc2ccccc2)[C@@H](COCc2ccccc2)O[C@H]1C. The molecule has 0 aliphatic carbocycles. The minimum atomic E-state index is -0.413. The van der Waals surface area contributed by atoms with Gasteiger partial charge in [0.05, 0.1) is 32.5 Å². The van der Waals surface area contributed by atoms with Crippen LogP contribution in [0.5, 0.6) is 0 Å². The van der Waals surface area contributed by atoms with Crippen molar-refractivity contribution in [1.82, 2.24) is 0 Å². The fraction of sp³-hybridized carbons (Fsp3) is 0.323. The van der Waals surface area contributed by atoms with Gasteiger partial charge in [0.25, 0.3) is 0 Å². The Bertz CT molecular complexity index is 1070. The van der Waals surface area contributed by atoms with Gasteiger partial charge < -0.3 is 23.7 Å². The molecule has 1 aliphatic rings. The lowest BCUT2D eigenvalue weighted by molar-refractivity contribution is -0.258. The summed E-state index contributed by atoms with van der Waals surface area (Å²) in [7, 11) is 0. The quantitative estimate of drug-likeness (QED) is 0.238. The Morgan fingerprint density at radius 1 is 0.722 bits per heavy atom. The molecule has 1 aliphatic heterocycles. The third-order valence-corrected chi connectivity index (χ3v) is 6.14. The van der Waals surface area contributed by atoms with Crippen LogP contribution in [0.15, 0.2) is 110 Å². The van der Waals surface area contributed by atoms with Crippen molar-refractivity contribution in [1.29, 1.82) is 0 Å². The first-order valence-electron chi connectivity index (χ1n) is 12.3. The zero-order chi connectivity index (χ0) is 25.0. The maximum atomic E-state index is 6.49. The van der Waals surface area contributed by atoms with E-state index in [2.05, 4.69) is 12.3 Å². The second kappa shape index (κ2) is 13.8. The molecule has 0 N–H and O–H groups in total. The second-order valence-electron chi connectivity index (χ2n) is 8.83. The normalized spacial score (nSPS) is 23.5. The van der Waals surface area contributed by atoms with Gasteiger partial charge in [0.1, 0.15) is 24.6 Å². The van der Waals surface area contributed by atoms with Crippen LogP contribution in [0.4, 0.5) is 0 Å². The highest BCUT2D eigenvalue weighted by Gasteiger charge is 2.47. The van der Waals surface area contributed by atoms with E-state index in [0.717, 1.165) is 16.7 Å². The molecule has 0 amide bonds. The molecule has 3 aromatic rings. The van der Waals surface area contributed by atoms with Crippen LogP contribution in [-0.2, 0) is 43.5 Å². The molecule has 5 heteroatoms. The fourth-order valence-electron chi connectivity index (χ4n) is 4.34. The van der Waals surface area contributed by atoms with Gasteiger partial charge in [0, 0.05) is 0 Å². The van der Waals surface area contributed by atoms with Crippen LogP contribution in [0.1, 0.15) is 23.6 Å². The summed E-state index contributed by atoms with van der Waals surface area (Å²) in [6.45, 7) is 7.33. The van der Waals surface area contributed by atoms with Gasteiger partial charge in [-0.05, 0) is 23.6 Å². The molecule has 0 spiro atoms. The fourth-order valence-corrected chi connectivity index (χ4v) is 4.34. The minimum Gasteiger partial charge on any atom is -0.484 e. The highest BCUT2D eigenvalue weighted by Crippen LogP contribution is 2.30. The molecule has 188 valence electrons. The Balaban J connectivity index is 1.53. The van der Waals surface area contributed by atoms with Crippen molar-refractivity contribution >= 4 is 0 Å². The number of ether oxygens (including phenoxy) is 5. The minimum absolute atomic E-state index is 0.253. The molecule has 5 nitrogen and oxygen atoms in total. The van der Waals surface area contributed by atoms with E-state index in [-0.39, 0.29) is 12.2 Å². The first-order valence-corrected chi connectivity index (χ1v) is 12.3. The molecule has 1 saturated heterocycles. The van der Waals surface area contributed by atoms with Gasteiger partial charge in [0.2, 0.25) is 0 Å². The number of rotatable bonds is 12. The van der Waals surface area contributed by atoms with Crippen molar-refractivity contribution in [3.63, 3.8) is 0 Å². The summed E-state index contributed by atoms with van der Waals surface area (Å²) in [5, 5.41) is 0. The van der Waals surface area contributed by atoms with Crippen LogP contribution in [-0.4, -0.2) is 37.1 Å². The van der Waals surface area contributed by atoms with E-state index in [1.165, 1.54) is 6.26 Å². The Morgan fingerprint density at radius 2 is 1.22 bits per heavy atom. The molecule has 0 radical (unpaired) electrons. The molecule has 5 atom stereocenters. The molecule has 3 aromatic carbocycles. The van der Waals surface area contributed by atoms with Crippen LogP contribution in [0.2, 0.25) is 0 Å². The van der Waals surface area contributed by atoms with Crippen molar-refractivity contribution in [2.45, 2.75) is 57.3 Å². The Morgan fingerprint density at radius 3 is 1.75 bits per heavy atom.